The van der Waals surface area contributed by atoms with Gasteiger partial charge >= 0.3 is 0 Å². The summed E-state index contributed by atoms with van der Waals surface area (Å²) < 4.78 is 27.6. The SMILES string of the molecule is Cc1ccc(S(=O)(=O)Nc2ccc(C(=O)Nc3nc4c(s3)Cc3ccccc3-4)cc2)cc1. The van der Waals surface area contributed by atoms with Crippen molar-refractivity contribution in [3.05, 3.63) is 94.4 Å². The van der Waals surface area contributed by atoms with Crippen molar-refractivity contribution in [1.82, 2.24) is 4.98 Å². The van der Waals surface area contributed by atoms with Gasteiger partial charge in [0, 0.05) is 28.1 Å². The molecule has 0 fully saturated rings. The summed E-state index contributed by atoms with van der Waals surface area (Å²) in [5, 5.41) is 3.40. The van der Waals surface area contributed by atoms with Crippen molar-refractivity contribution in [2.75, 3.05) is 10.0 Å². The van der Waals surface area contributed by atoms with Gasteiger partial charge in [-0.1, -0.05) is 42.0 Å². The number of sulfonamides is 1. The van der Waals surface area contributed by atoms with Crippen LogP contribution in [0.15, 0.2) is 77.7 Å². The third-order valence-corrected chi connectivity index (χ3v) is 7.64. The molecule has 2 N–H and O–H groups in total. The molecule has 6 nitrogen and oxygen atoms in total. The number of carbonyl (C=O) groups excluding carboxylic acids is 1. The molecular formula is C24H19N3O3S2. The number of anilines is 2. The van der Waals surface area contributed by atoms with Gasteiger partial charge in [0.1, 0.15) is 0 Å². The van der Waals surface area contributed by atoms with E-state index in [-0.39, 0.29) is 10.8 Å². The predicted molar refractivity (Wildman–Crippen MR) is 127 cm³/mol. The monoisotopic (exact) mass is 461 g/mol. The Morgan fingerprint density at radius 2 is 1.69 bits per heavy atom. The molecule has 1 amide bonds. The number of carbonyl (C=O) groups is 1. The van der Waals surface area contributed by atoms with Crippen LogP contribution < -0.4 is 10.0 Å². The number of fused-ring (bicyclic) bond motifs is 3. The van der Waals surface area contributed by atoms with E-state index in [0.717, 1.165) is 28.1 Å². The minimum atomic E-state index is -3.69. The van der Waals surface area contributed by atoms with Crippen LogP contribution in [-0.4, -0.2) is 19.3 Å². The fourth-order valence-electron chi connectivity index (χ4n) is 3.60. The summed E-state index contributed by atoms with van der Waals surface area (Å²) in [4.78, 5) is 18.6. The van der Waals surface area contributed by atoms with Gasteiger partial charge in [-0.25, -0.2) is 13.4 Å². The highest BCUT2D eigenvalue weighted by molar-refractivity contribution is 7.92. The first kappa shape index (κ1) is 20.4. The number of hydrogen-bond acceptors (Lipinski definition) is 5. The number of nitrogens with one attached hydrogen (secondary N) is 2. The van der Waals surface area contributed by atoms with Crippen molar-refractivity contribution in [3.8, 4) is 11.3 Å². The molecule has 5 rings (SSSR count). The van der Waals surface area contributed by atoms with Gasteiger partial charge in [-0.2, -0.15) is 0 Å². The van der Waals surface area contributed by atoms with Crippen LogP contribution >= 0.6 is 11.3 Å². The van der Waals surface area contributed by atoms with Crippen LogP contribution in [-0.2, 0) is 16.4 Å². The second kappa shape index (κ2) is 7.89. The van der Waals surface area contributed by atoms with Crippen molar-refractivity contribution in [2.24, 2.45) is 0 Å². The van der Waals surface area contributed by atoms with Crippen LogP contribution in [0.5, 0.6) is 0 Å². The number of nitrogens with zero attached hydrogens (tertiary/aromatic N) is 1. The normalized spacial score (nSPS) is 12.2. The maximum atomic E-state index is 12.7. The molecule has 3 aromatic carbocycles. The number of aromatic nitrogens is 1. The summed E-state index contributed by atoms with van der Waals surface area (Å²) in [6.45, 7) is 1.89. The second-order valence-electron chi connectivity index (χ2n) is 7.57. The van der Waals surface area contributed by atoms with E-state index in [9.17, 15) is 13.2 Å². The van der Waals surface area contributed by atoms with Gasteiger partial charge in [-0.3, -0.25) is 14.8 Å². The standard InChI is InChI=1S/C24H19N3O3S2/c1-15-6-12-19(13-7-15)32(29,30)27-18-10-8-16(9-11-18)23(28)26-24-25-22-20-5-3-2-4-17(20)14-21(22)31-24/h2-13,27H,14H2,1H3,(H,25,26,28). The number of hydrogen-bond donors (Lipinski definition) is 2. The molecule has 1 aromatic heterocycles. The van der Waals surface area contributed by atoms with Crippen LogP contribution in [0.25, 0.3) is 11.3 Å². The van der Waals surface area contributed by atoms with E-state index in [4.69, 9.17) is 0 Å². The second-order valence-corrected chi connectivity index (χ2v) is 10.3. The predicted octanol–water partition coefficient (Wildman–Crippen LogP) is 5.08. The van der Waals surface area contributed by atoms with Gasteiger partial charge in [0.2, 0.25) is 0 Å². The Bertz CT molecular complexity index is 1420. The molecule has 0 bridgehead atoms. The van der Waals surface area contributed by atoms with E-state index < -0.39 is 10.0 Å². The first-order valence-corrected chi connectivity index (χ1v) is 12.3. The smallest absolute Gasteiger partial charge is 0.261 e. The lowest BCUT2D eigenvalue weighted by Crippen LogP contribution is -2.14. The summed E-state index contributed by atoms with van der Waals surface area (Å²) in [5.74, 6) is -0.293. The summed E-state index contributed by atoms with van der Waals surface area (Å²) in [6, 6.07) is 21.0. The molecule has 0 aliphatic heterocycles. The van der Waals surface area contributed by atoms with Gasteiger partial charge in [0.05, 0.1) is 10.6 Å². The Kier molecular flexibility index (Phi) is 5.03. The highest BCUT2D eigenvalue weighted by Gasteiger charge is 2.23. The molecule has 0 saturated carbocycles. The summed E-state index contributed by atoms with van der Waals surface area (Å²) in [6.07, 6.45) is 0.828. The van der Waals surface area contributed by atoms with Crippen LogP contribution in [0.3, 0.4) is 0 Å². The molecule has 0 radical (unpaired) electrons. The van der Waals surface area contributed by atoms with Gasteiger partial charge in [-0.05, 0) is 48.9 Å². The Labute approximate surface area is 190 Å². The number of aryl methyl sites for hydroxylation is 1. The number of rotatable bonds is 5. The number of benzene rings is 3. The van der Waals surface area contributed by atoms with Gasteiger partial charge in [0.15, 0.2) is 5.13 Å². The Hall–Kier alpha value is -3.49. The van der Waals surface area contributed by atoms with Crippen LogP contribution in [0.2, 0.25) is 0 Å². The summed E-state index contributed by atoms with van der Waals surface area (Å²) in [7, 11) is -3.69. The topological polar surface area (TPSA) is 88.2 Å². The molecule has 160 valence electrons. The van der Waals surface area contributed by atoms with Crippen LogP contribution in [0.4, 0.5) is 10.8 Å². The molecule has 1 heterocycles. The molecule has 0 unspecified atom stereocenters. The average Bonchev–Trinajstić information content (AvgIpc) is 3.31. The molecule has 1 aliphatic rings. The molecule has 0 saturated heterocycles. The van der Waals surface area contributed by atoms with E-state index in [1.165, 1.54) is 16.9 Å². The van der Waals surface area contributed by atoms with Gasteiger partial charge in [-0.15, -0.1) is 11.3 Å². The van der Waals surface area contributed by atoms with E-state index >= 15 is 0 Å². The van der Waals surface area contributed by atoms with E-state index in [1.54, 1.807) is 48.5 Å². The van der Waals surface area contributed by atoms with Gasteiger partial charge in [0.25, 0.3) is 15.9 Å². The molecule has 1 aliphatic carbocycles. The average molecular weight is 462 g/mol. The molecular weight excluding hydrogens is 442 g/mol. The molecule has 32 heavy (non-hydrogen) atoms. The highest BCUT2D eigenvalue weighted by atomic mass is 32.2. The van der Waals surface area contributed by atoms with Crippen molar-refractivity contribution in [2.45, 2.75) is 18.2 Å². The molecule has 8 heteroatoms. The van der Waals surface area contributed by atoms with Crippen LogP contribution in [0.1, 0.15) is 26.4 Å². The molecule has 0 spiro atoms. The zero-order chi connectivity index (χ0) is 22.3. The summed E-state index contributed by atoms with van der Waals surface area (Å²) in [5.41, 5.74) is 5.08. The lowest BCUT2D eigenvalue weighted by Gasteiger charge is -2.09. The quantitative estimate of drug-likeness (QED) is 0.382. The fourth-order valence-corrected chi connectivity index (χ4v) is 5.66. The molecule has 0 atom stereocenters. The third kappa shape index (κ3) is 3.90. The maximum Gasteiger partial charge on any atom is 0.261 e. The Morgan fingerprint density at radius 3 is 2.44 bits per heavy atom. The van der Waals surface area contributed by atoms with Gasteiger partial charge < -0.3 is 0 Å². The number of thiazole rings is 1. The zero-order valence-electron chi connectivity index (χ0n) is 17.1. The minimum Gasteiger partial charge on any atom is -0.298 e. The lowest BCUT2D eigenvalue weighted by atomic mass is 10.1. The highest BCUT2D eigenvalue weighted by Crippen LogP contribution is 2.40. The van der Waals surface area contributed by atoms with Crippen molar-refractivity contribution in [3.63, 3.8) is 0 Å². The van der Waals surface area contributed by atoms with Crippen LogP contribution in [0, 0.1) is 6.92 Å². The minimum absolute atomic E-state index is 0.184. The third-order valence-electron chi connectivity index (χ3n) is 5.27. The van der Waals surface area contributed by atoms with Crippen molar-refractivity contribution >= 4 is 38.1 Å². The Morgan fingerprint density at radius 1 is 0.969 bits per heavy atom. The molecule has 4 aromatic rings. The van der Waals surface area contributed by atoms with E-state index in [0.29, 0.717) is 16.4 Å². The first-order chi connectivity index (χ1) is 15.4. The number of amides is 1. The first-order valence-electron chi connectivity index (χ1n) is 9.98. The lowest BCUT2D eigenvalue weighted by molar-refractivity contribution is 0.102. The fraction of sp³-hybridized carbons (Fsp3) is 0.0833. The maximum absolute atomic E-state index is 12.7. The van der Waals surface area contributed by atoms with E-state index in [1.807, 2.05) is 25.1 Å². The largest absolute Gasteiger partial charge is 0.298 e. The zero-order valence-corrected chi connectivity index (χ0v) is 18.8. The Balaban J connectivity index is 1.28. The van der Waals surface area contributed by atoms with Crippen molar-refractivity contribution < 1.29 is 13.2 Å². The van der Waals surface area contributed by atoms with E-state index in [2.05, 4.69) is 21.1 Å². The van der Waals surface area contributed by atoms with Crippen molar-refractivity contribution in [1.29, 1.82) is 0 Å². The summed E-state index contributed by atoms with van der Waals surface area (Å²) >= 11 is 1.48.